The third kappa shape index (κ3) is 4.29. The van der Waals surface area contributed by atoms with E-state index in [4.69, 9.17) is 4.74 Å². The highest BCUT2D eigenvalue weighted by Gasteiger charge is 2.20. The predicted octanol–water partition coefficient (Wildman–Crippen LogP) is 2.97. The number of anilines is 1. The van der Waals surface area contributed by atoms with E-state index in [2.05, 4.69) is 10.4 Å². The molecule has 2 rings (SSSR count). The van der Waals surface area contributed by atoms with E-state index in [-0.39, 0.29) is 42.1 Å². The Balaban J connectivity index is 2.06. The summed E-state index contributed by atoms with van der Waals surface area (Å²) in [7, 11) is 1.30. The number of aromatic hydroxyl groups is 1. The van der Waals surface area contributed by atoms with Crippen LogP contribution in [0.15, 0.2) is 18.3 Å². The van der Waals surface area contributed by atoms with Crippen molar-refractivity contribution in [1.82, 2.24) is 9.78 Å². The molecule has 0 aliphatic carbocycles. The first kappa shape index (κ1) is 19.2. The number of hydrogen-bond donors (Lipinski definition) is 2. The van der Waals surface area contributed by atoms with Crippen molar-refractivity contribution in [2.75, 3.05) is 12.4 Å². The van der Waals surface area contributed by atoms with Crippen molar-refractivity contribution in [3.8, 4) is 11.6 Å². The molecule has 0 spiro atoms. The first-order chi connectivity index (χ1) is 12.2. The van der Waals surface area contributed by atoms with Gasteiger partial charge in [-0.05, 0) is 36.1 Å². The normalized spacial score (nSPS) is 10.8. The van der Waals surface area contributed by atoms with Crippen LogP contribution < -0.4 is 10.1 Å². The number of aromatic nitrogens is 2. The standard InChI is InChI=1S/C17H22N4O5/c1-10(2)12-8-13(11(3)7-15(12)22)18-16(23)5-6-20-9-14(21(24)25)17(19-20)26-4/h7-10,22H,5-6H2,1-4H3,(H,18,23). The van der Waals surface area contributed by atoms with Gasteiger partial charge in [0.25, 0.3) is 0 Å². The van der Waals surface area contributed by atoms with E-state index >= 15 is 0 Å². The number of methoxy groups -OCH3 is 1. The van der Waals surface area contributed by atoms with Gasteiger partial charge in [-0.2, -0.15) is 0 Å². The molecule has 0 unspecified atom stereocenters. The number of amides is 1. The average molecular weight is 362 g/mol. The lowest BCUT2D eigenvalue weighted by Gasteiger charge is -2.14. The molecule has 9 nitrogen and oxygen atoms in total. The van der Waals surface area contributed by atoms with Gasteiger partial charge in [-0.15, -0.1) is 5.10 Å². The Labute approximate surface area is 150 Å². The molecule has 0 aliphatic rings. The molecule has 2 aromatic rings. The summed E-state index contributed by atoms with van der Waals surface area (Å²) in [5.41, 5.74) is 1.87. The lowest BCUT2D eigenvalue weighted by atomic mass is 9.99. The van der Waals surface area contributed by atoms with Gasteiger partial charge in [-0.3, -0.25) is 19.6 Å². The summed E-state index contributed by atoms with van der Waals surface area (Å²) in [6.45, 7) is 5.87. The SMILES string of the molecule is COc1nn(CCC(=O)Nc2cc(C(C)C)c(O)cc2C)cc1[N+](=O)[O-]. The van der Waals surface area contributed by atoms with Crippen molar-refractivity contribution in [2.45, 2.75) is 39.7 Å². The molecule has 140 valence electrons. The molecule has 0 fully saturated rings. The summed E-state index contributed by atoms with van der Waals surface area (Å²) in [6.07, 6.45) is 1.31. The van der Waals surface area contributed by atoms with Crippen LogP contribution in [0.25, 0.3) is 0 Å². The lowest BCUT2D eigenvalue weighted by Crippen LogP contribution is -2.15. The number of carbonyl (C=O) groups is 1. The summed E-state index contributed by atoms with van der Waals surface area (Å²) in [4.78, 5) is 22.5. The van der Waals surface area contributed by atoms with Crippen molar-refractivity contribution in [3.05, 3.63) is 39.6 Å². The van der Waals surface area contributed by atoms with Crippen molar-refractivity contribution in [1.29, 1.82) is 0 Å². The Morgan fingerprint density at radius 1 is 1.46 bits per heavy atom. The van der Waals surface area contributed by atoms with Gasteiger partial charge in [-0.1, -0.05) is 13.8 Å². The van der Waals surface area contributed by atoms with Crippen molar-refractivity contribution in [3.63, 3.8) is 0 Å². The molecule has 26 heavy (non-hydrogen) atoms. The topological polar surface area (TPSA) is 120 Å². The summed E-state index contributed by atoms with van der Waals surface area (Å²) in [5, 5.41) is 27.6. The van der Waals surface area contributed by atoms with Crippen LogP contribution >= 0.6 is 0 Å². The van der Waals surface area contributed by atoms with E-state index in [0.29, 0.717) is 5.69 Å². The van der Waals surface area contributed by atoms with E-state index in [1.54, 1.807) is 19.1 Å². The minimum atomic E-state index is -0.588. The van der Waals surface area contributed by atoms with Crippen LogP contribution in [-0.2, 0) is 11.3 Å². The maximum Gasteiger partial charge on any atom is 0.350 e. The van der Waals surface area contributed by atoms with Gasteiger partial charge in [-0.25, -0.2) is 0 Å². The third-order valence-electron chi connectivity index (χ3n) is 3.94. The number of benzene rings is 1. The molecule has 0 saturated carbocycles. The summed E-state index contributed by atoms with van der Waals surface area (Å²) in [5.74, 6) is -0.0354. The number of aryl methyl sites for hydroxylation is 2. The first-order valence-corrected chi connectivity index (χ1v) is 8.12. The highest BCUT2D eigenvalue weighted by atomic mass is 16.6. The molecule has 1 aromatic heterocycles. The molecular weight excluding hydrogens is 340 g/mol. The van der Waals surface area contributed by atoms with Gasteiger partial charge in [0.1, 0.15) is 11.9 Å². The number of nitrogens with zero attached hydrogens (tertiary/aromatic N) is 3. The second-order valence-electron chi connectivity index (χ2n) is 6.22. The highest BCUT2D eigenvalue weighted by molar-refractivity contribution is 5.91. The number of phenols is 1. The number of rotatable bonds is 7. The van der Waals surface area contributed by atoms with Gasteiger partial charge in [0.15, 0.2) is 0 Å². The van der Waals surface area contributed by atoms with E-state index < -0.39 is 4.92 Å². The Bertz CT molecular complexity index is 829. The van der Waals surface area contributed by atoms with Crippen molar-refractivity contribution >= 4 is 17.3 Å². The van der Waals surface area contributed by atoms with Gasteiger partial charge >= 0.3 is 11.6 Å². The number of ether oxygens (including phenoxy) is 1. The van der Waals surface area contributed by atoms with Crippen LogP contribution in [0.5, 0.6) is 11.6 Å². The molecule has 1 heterocycles. The fourth-order valence-electron chi connectivity index (χ4n) is 2.51. The fourth-order valence-corrected chi connectivity index (χ4v) is 2.51. The molecule has 0 radical (unpaired) electrons. The number of hydrogen-bond acceptors (Lipinski definition) is 6. The zero-order chi connectivity index (χ0) is 19.4. The largest absolute Gasteiger partial charge is 0.508 e. The second kappa shape index (κ2) is 7.85. The van der Waals surface area contributed by atoms with Gasteiger partial charge < -0.3 is 15.2 Å². The van der Waals surface area contributed by atoms with Gasteiger partial charge in [0, 0.05) is 12.1 Å². The van der Waals surface area contributed by atoms with Crippen LogP contribution in [0.1, 0.15) is 37.3 Å². The van der Waals surface area contributed by atoms with Gasteiger partial charge in [0.2, 0.25) is 5.91 Å². The van der Waals surface area contributed by atoms with E-state index in [1.165, 1.54) is 18.0 Å². The summed E-state index contributed by atoms with van der Waals surface area (Å²) >= 11 is 0. The molecule has 1 aromatic carbocycles. The molecule has 9 heteroatoms. The fraction of sp³-hybridized carbons (Fsp3) is 0.412. The number of nitro groups is 1. The minimum Gasteiger partial charge on any atom is -0.508 e. The number of phenolic OH excluding ortho intramolecular Hbond substituents is 1. The molecule has 0 bridgehead atoms. The van der Waals surface area contributed by atoms with Crippen molar-refractivity contribution < 1.29 is 19.6 Å². The quantitative estimate of drug-likeness (QED) is 0.444. The lowest BCUT2D eigenvalue weighted by molar-refractivity contribution is -0.385. The Morgan fingerprint density at radius 3 is 2.69 bits per heavy atom. The zero-order valence-electron chi connectivity index (χ0n) is 15.1. The monoisotopic (exact) mass is 362 g/mol. The van der Waals surface area contributed by atoms with E-state index in [9.17, 15) is 20.0 Å². The highest BCUT2D eigenvalue weighted by Crippen LogP contribution is 2.31. The smallest absolute Gasteiger partial charge is 0.350 e. The van der Waals surface area contributed by atoms with Crippen LogP contribution in [-0.4, -0.2) is 32.8 Å². The van der Waals surface area contributed by atoms with Crippen LogP contribution in [0, 0.1) is 17.0 Å². The number of carbonyl (C=O) groups excluding carboxylic acids is 1. The van der Waals surface area contributed by atoms with Crippen LogP contribution in [0.3, 0.4) is 0 Å². The molecule has 1 amide bonds. The first-order valence-electron chi connectivity index (χ1n) is 8.12. The molecule has 0 atom stereocenters. The van der Waals surface area contributed by atoms with Crippen LogP contribution in [0.2, 0.25) is 0 Å². The number of nitrogens with one attached hydrogen (secondary N) is 1. The predicted molar refractivity (Wildman–Crippen MR) is 95.6 cm³/mol. The summed E-state index contributed by atoms with van der Waals surface area (Å²) < 4.78 is 6.16. The van der Waals surface area contributed by atoms with E-state index in [0.717, 1.165) is 11.1 Å². The molecule has 2 N–H and O–H groups in total. The average Bonchev–Trinajstić information content (AvgIpc) is 2.98. The zero-order valence-corrected chi connectivity index (χ0v) is 15.1. The Hall–Kier alpha value is -3.10. The Morgan fingerprint density at radius 2 is 2.15 bits per heavy atom. The Kier molecular flexibility index (Phi) is 5.81. The molecule has 0 saturated heterocycles. The van der Waals surface area contributed by atoms with Crippen LogP contribution in [0.4, 0.5) is 11.4 Å². The molecule has 0 aliphatic heterocycles. The third-order valence-corrected chi connectivity index (χ3v) is 3.94. The summed E-state index contributed by atoms with van der Waals surface area (Å²) in [6, 6.07) is 3.38. The maximum atomic E-state index is 12.2. The molecular formula is C17H22N4O5. The van der Waals surface area contributed by atoms with Crippen molar-refractivity contribution in [2.24, 2.45) is 0 Å². The van der Waals surface area contributed by atoms with Gasteiger partial charge in [0.05, 0.1) is 18.6 Å². The maximum absolute atomic E-state index is 12.2. The van der Waals surface area contributed by atoms with E-state index in [1.807, 2.05) is 13.8 Å². The minimum absolute atomic E-state index is 0.0827. The second-order valence-corrected chi connectivity index (χ2v) is 6.22.